The molecule has 0 bridgehead atoms. The van der Waals surface area contributed by atoms with Gasteiger partial charge in [-0.2, -0.15) is 5.10 Å². The van der Waals surface area contributed by atoms with Gasteiger partial charge in [0, 0.05) is 22.8 Å². The molecule has 25 heavy (non-hydrogen) atoms. The molecule has 1 amide bonds. The van der Waals surface area contributed by atoms with Crippen molar-refractivity contribution in [3.05, 3.63) is 82.1 Å². The fraction of sp³-hybridized carbons (Fsp3) is 0.158. The van der Waals surface area contributed by atoms with Crippen LogP contribution in [0.4, 0.5) is 0 Å². The van der Waals surface area contributed by atoms with E-state index in [4.69, 9.17) is 23.2 Å². The highest BCUT2D eigenvalue weighted by atomic mass is 35.5. The Morgan fingerprint density at radius 3 is 2.68 bits per heavy atom. The first-order valence-corrected chi connectivity index (χ1v) is 8.67. The maximum absolute atomic E-state index is 12.1. The third-order valence-corrected chi connectivity index (χ3v) is 4.34. The molecule has 6 heteroatoms. The molecule has 0 spiro atoms. The van der Waals surface area contributed by atoms with E-state index >= 15 is 0 Å². The topological polar surface area (TPSA) is 46.9 Å². The zero-order valence-corrected chi connectivity index (χ0v) is 15.0. The monoisotopic (exact) mass is 373 g/mol. The Kier molecular flexibility index (Phi) is 5.74. The number of rotatable bonds is 6. The molecular weight excluding hydrogens is 357 g/mol. The van der Waals surface area contributed by atoms with E-state index in [0.29, 0.717) is 29.4 Å². The Labute approximate surface area is 156 Å². The summed E-state index contributed by atoms with van der Waals surface area (Å²) >= 11 is 12.0. The lowest BCUT2D eigenvalue weighted by atomic mass is 10.1. The molecule has 0 radical (unpaired) electrons. The van der Waals surface area contributed by atoms with Crippen molar-refractivity contribution in [2.24, 2.45) is 0 Å². The number of nitrogens with one attached hydrogen (secondary N) is 1. The zero-order chi connectivity index (χ0) is 17.6. The van der Waals surface area contributed by atoms with E-state index in [9.17, 15) is 4.79 Å². The van der Waals surface area contributed by atoms with Gasteiger partial charge in [0.2, 0.25) is 5.91 Å². The van der Waals surface area contributed by atoms with Crippen LogP contribution < -0.4 is 5.32 Å². The summed E-state index contributed by atoms with van der Waals surface area (Å²) < 4.78 is 1.76. The number of hydrogen-bond acceptors (Lipinski definition) is 2. The number of aromatic nitrogens is 2. The van der Waals surface area contributed by atoms with Gasteiger partial charge in [-0.25, -0.2) is 4.68 Å². The lowest BCUT2D eigenvalue weighted by Gasteiger charge is -2.06. The normalized spacial score (nSPS) is 10.6. The predicted molar refractivity (Wildman–Crippen MR) is 100 cm³/mol. The van der Waals surface area contributed by atoms with Crippen LogP contribution in [0, 0.1) is 0 Å². The average Bonchev–Trinajstić information content (AvgIpc) is 3.06. The van der Waals surface area contributed by atoms with Crippen LogP contribution in [-0.4, -0.2) is 22.2 Å². The van der Waals surface area contributed by atoms with Crippen LogP contribution in [0.15, 0.2) is 60.9 Å². The molecule has 1 heterocycles. The van der Waals surface area contributed by atoms with Gasteiger partial charge in [-0.15, -0.1) is 0 Å². The van der Waals surface area contributed by atoms with E-state index in [0.717, 1.165) is 16.8 Å². The van der Waals surface area contributed by atoms with Gasteiger partial charge < -0.3 is 5.32 Å². The van der Waals surface area contributed by atoms with E-state index in [1.807, 2.05) is 42.6 Å². The highest BCUT2D eigenvalue weighted by Crippen LogP contribution is 2.21. The van der Waals surface area contributed by atoms with Gasteiger partial charge in [0.1, 0.15) is 0 Å². The highest BCUT2D eigenvalue weighted by molar-refractivity contribution is 6.35. The molecule has 0 fully saturated rings. The Hall–Kier alpha value is -2.30. The Balaban J connectivity index is 1.50. The Morgan fingerprint density at radius 1 is 1.12 bits per heavy atom. The van der Waals surface area contributed by atoms with Gasteiger partial charge in [0.15, 0.2) is 0 Å². The van der Waals surface area contributed by atoms with Crippen LogP contribution in [0.3, 0.4) is 0 Å². The van der Waals surface area contributed by atoms with Crippen LogP contribution in [-0.2, 0) is 17.6 Å². The van der Waals surface area contributed by atoms with Gasteiger partial charge in [-0.05, 0) is 41.8 Å². The average molecular weight is 374 g/mol. The number of para-hydroxylation sites is 1. The molecule has 128 valence electrons. The number of halogens is 2. The number of hydrogen-bond donors (Lipinski definition) is 1. The third kappa shape index (κ3) is 4.84. The van der Waals surface area contributed by atoms with Crippen molar-refractivity contribution in [3.63, 3.8) is 0 Å². The molecule has 0 aliphatic rings. The van der Waals surface area contributed by atoms with Crippen molar-refractivity contribution >= 4 is 29.1 Å². The van der Waals surface area contributed by atoms with E-state index in [2.05, 4.69) is 10.4 Å². The predicted octanol–water partition coefficient (Wildman–Crippen LogP) is 4.08. The largest absolute Gasteiger partial charge is 0.355 e. The van der Waals surface area contributed by atoms with Crippen molar-refractivity contribution in [1.82, 2.24) is 15.1 Å². The van der Waals surface area contributed by atoms with Gasteiger partial charge in [-0.3, -0.25) is 4.79 Å². The minimum Gasteiger partial charge on any atom is -0.355 e. The molecule has 3 aromatic rings. The first kappa shape index (κ1) is 17.5. The van der Waals surface area contributed by atoms with Crippen molar-refractivity contribution < 1.29 is 4.79 Å². The van der Waals surface area contributed by atoms with Gasteiger partial charge in [0.05, 0.1) is 18.3 Å². The molecule has 0 saturated carbocycles. The number of benzene rings is 2. The molecule has 4 nitrogen and oxygen atoms in total. The Morgan fingerprint density at radius 2 is 1.92 bits per heavy atom. The van der Waals surface area contributed by atoms with Crippen molar-refractivity contribution in [2.75, 3.05) is 6.54 Å². The summed E-state index contributed by atoms with van der Waals surface area (Å²) in [6.07, 6.45) is 4.53. The first-order chi connectivity index (χ1) is 12.1. The molecular formula is C19H17Cl2N3O. The van der Waals surface area contributed by atoms with E-state index < -0.39 is 0 Å². The molecule has 3 rings (SSSR count). The number of carbonyl (C=O) groups is 1. The van der Waals surface area contributed by atoms with Crippen LogP contribution in [0.5, 0.6) is 0 Å². The smallest absolute Gasteiger partial charge is 0.224 e. The summed E-state index contributed by atoms with van der Waals surface area (Å²) in [5.74, 6) is -0.0438. The summed E-state index contributed by atoms with van der Waals surface area (Å²) in [5, 5.41) is 8.42. The van der Waals surface area contributed by atoms with Gasteiger partial charge >= 0.3 is 0 Å². The second-order valence-corrected chi connectivity index (χ2v) is 6.48. The number of nitrogens with zero attached hydrogens (tertiary/aromatic N) is 2. The standard InChI is InChI=1S/C19H17Cl2N3O/c20-16-7-6-15(18(21)11-16)8-9-22-19(25)10-14-12-23-24(13-14)17-4-2-1-3-5-17/h1-7,11-13H,8-10H2,(H,22,25). The minimum absolute atomic E-state index is 0.0438. The van der Waals surface area contributed by atoms with Crippen molar-refractivity contribution in [1.29, 1.82) is 0 Å². The molecule has 0 aliphatic heterocycles. The third-order valence-electron chi connectivity index (χ3n) is 3.75. The fourth-order valence-corrected chi connectivity index (χ4v) is 2.99. The van der Waals surface area contributed by atoms with E-state index in [1.54, 1.807) is 23.0 Å². The summed E-state index contributed by atoms with van der Waals surface area (Å²) in [5.41, 5.74) is 2.79. The lowest BCUT2D eigenvalue weighted by Crippen LogP contribution is -2.27. The molecule has 1 N–H and O–H groups in total. The van der Waals surface area contributed by atoms with E-state index in [-0.39, 0.29) is 5.91 Å². The SMILES string of the molecule is O=C(Cc1cnn(-c2ccccc2)c1)NCCc1ccc(Cl)cc1Cl. The maximum atomic E-state index is 12.1. The first-order valence-electron chi connectivity index (χ1n) is 7.91. The lowest BCUT2D eigenvalue weighted by molar-refractivity contribution is -0.120. The fourth-order valence-electron chi connectivity index (χ4n) is 2.48. The second kappa shape index (κ2) is 8.19. The quantitative estimate of drug-likeness (QED) is 0.707. The molecule has 0 atom stereocenters. The summed E-state index contributed by atoms with van der Waals surface area (Å²) in [6.45, 7) is 0.521. The molecule has 0 unspecified atom stereocenters. The summed E-state index contributed by atoms with van der Waals surface area (Å²) in [7, 11) is 0. The minimum atomic E-state index is -0.0438. The van der Waals surface area contributed by atoms with Crippen LogP contribution in [0.25, 0.3) is 5.69 Å². The highest BCUT2D eigenvalue weighted by Gasteiger charge is 2.07. The Bertz CT molecular complexity index is 862. The summed E-state index contributed by atoms with van der Waals surface area (Å²) in [6, 6.07) is 15.2. The van der Waals surface area contributed by atoms with Crippen molar-refractivity contribution in [3.8, 4) is 5.69 Å². The van der Waals surface area contributed by atoms with E-state index in [1.165, 1.54) is 0 Å². The van der Waals surface area contributed by atoms with Crippen LogP contribution in [0.2, 0.25) is 10.0 Å². The van der Waals surface area contributed by atoms with Crippen LogP contribution in [0.1, 0.15) is 11.1 Å². The molecule has 2 aromatic carbocycles. The van der Waals surface area contributed by atoms with Gasteiger partial charge in [-0.1, -0.05) is 47.5 Å². The molecule has 1 aromatic heterocycles. The number of amides is 1. The molecule has 0 aliphatic carbocycles. The number of carbonyl (C=O) groups excluding carboxylic acids is 1. The summed E-state index contributed by atoms with van der Waals surface area (Å²) in [4.78, 5) is 12.1. The van der Waals surface area contributed by atoms with Crippen LogP contribution >= 0.6 is 23.2 Å². The molecule has 0 saturated heterocycles. The second-order valence-electron chi connectivity index (χ2n) is 5.64. The van der Waals surface area contributed by atoms with Gasteiger partial charge in [0.25, 0.3) is 0 Å². The van der Waals surface area contributed by atoms with Crippen molar-refractivity contribution in [2.45, 2.75) is 12.8 Å². The zero-order valence-electron chi connectivity index (χ0n) is 13.5. The maximum Gasteiger partial charge on any atom is 0.224 e.